The maximum absolute atomic E-state index is 13.1. The number of rotatable bonds is 2. The van der Waals surface area contributed by atoms with E-state index in [9.17, 15) is 9.18 Å². The first-order valence-corrected chi connectivity index (χ1v) is 8.28. The van der Waals surface area contributed by atoms with Gasteiger partial charge >= 0.3 is 0 Å². The Bertz CT molecular complexity index is 920. The van der Waals surface area contributed by atoms with Crippen molar-refractivity contribution in [1.29, 1.82) is 0 Å². The highest BCUT2D eigenvalue weighted by Gasteiger charge is 2.27. The largest absolute Gasteiger partial charge is 0.356 e. The van der Waals surface area contributed by atoms with Gasteiger partial charge in [-0.15, -0.1) is 0 Å². The summed E-state index contributed by atoms with van der Waals surface area (Å²) in [6, 6.07) is 13.0. The van der Waals surface area contributed by atoms with Crippen LogP contribution in [0.2, 0.25) is 5.02 Å². The molecule has 4 nitrogen and oxygen atoms in total. The van der Waals surface area contributed by atoms with Gasteiger partial charge in [-0.1, -0.05) is 16.8 Å². The van der Waals surface area contributed by atoms with Crippen molar-refractivity contribution in [3.05, 3.63) is 76.2 Å². The van der Waals surface area contributed by atoms with Crippen molar-refractivity contribution in [3.63, 3.8) is 0 Å². The van der Waals surface area contributed by atoms with Crippen molar-refractivity contribution < 1.29 is 13.7 Å². The molecule has 0 unspecified atom stereocenters. The number of halogens is 2. The fourth-order valence-electron chi connectivity index (χ4n) is 3.01. The molecule has 0 N–H and O–H groups in total. The predicted octanol–water partition coefficient (Wildman–Crippen LogP) is 4.33. The average molecular weight is 357 g/mol. The summed E-state index contributed by atoms with van der Waals surface area (Å²) in [4.78, 5) is 14.4. The topological polar surface area (TPSA) is 46.3 Å². The number of hydrogen-bond donors (Lipinski definition) is 0. The summed E-state index contributed by atoms with van der Waals surface area (Å²) in [6.45, 7) is 0.964. The van der Waals surface area contributed by atoms with Gasteiger partial charge in [0.15, 0.2) is 5.76 Å². The molecule has 0 fully saturated rings. The Morgan fingerprint density at radius 3 is 2.56 bits per heavy atom. The van der Waals surface area contributed by atoms with Gasteiger partial charge in [-0.25, -0.2) is 4.39 Å². The Morgan fingerprint density at radius 2 is 1.84 bits per heavy atom. The molecule has 6 heteroatoms. The quantitative estimate of drug-likeness (QED) is 0.686. The van der Waals surface area contributed by atoms with Crippen LogP contribution < -0.4 is 0 Å². The van der Waals surface area contributed by atoms with Crippen LogP contribution >= 0.6 is 11.6 Å². The van der Waals surface area contributed by atoms with Crippen molar-refractivity contribution in [2.24, 2.45) is 0 Å². The van der Waals surface area contributed by atoms with Crippen molar-refractivity contribution in [2.45, 2.75) is 13.0 Å². The molecule has 1 aromatic heterocycles. The maximum atomic E-state index is 13.1. The second-order valence-corrected chi connectivity index (χ2v) is 6.36. The number of amides is 1. The molecule has 0 saturated heterocycles. The van der Waals surface area contributed by atoms with Crippen LogP contribution in [-0.4, -0.2) is 22.5 Å². The van der Waals surface area contributed by atoms with Crippen molar-refractivity contribution in [1.82, 2.24) is 10.1 Å². The average Bonchev–Trinajstić information content (AvgIpc) is 3.05. The molecule has 1 aliphatic rings. The van der Waals surface area contributed by atoms with Crippen LogP contribution in [0.4, 0.5) is 4.39 Å². The first-order valence-electron chi connectivity index (χ1n) is 7.90. The van der Waals surface area contributed by atoms with Gasteiger partial charge < -0.3 is 9.42 Å². The Morgan fingerprint density at radius 1 is 1.12 bits per heavy atom. The third-order valence-corrected chi connectivity index (χ3v) is 4.58. The summed E-state index contributed by atoms with van der Waals surface area (Å²) >= 11 is 5.87. The van der Waals surface area contributed by atoms with Crippen LogP contribution in [0.1, 0.15) is 21.6 Å². The lowest BCUT2D eigenvalue weighted by Gasteiger charge is -2.26. The monoisotopic (exact) mass is 356 g/mol. The third kappa shape index (κ3) is 3.03. The molecule has 0 radical (unpaired) electrons. The highest BCUT2D eigenvalue weighted by atomic mass is 35.5. The van der Waals surface area contributed by atoms with E-state index in [0.717, 1.165) is 16.8 Å². The van der Waals surface area contributed by atoms with Gasteiger partial charge in [0.25, 0.3) is 5.91 Å². The molecule has 0 spiro atoms. The number of carbonyl (C=O) groups excluding carboxylic acids is 1. The summed E-state index contributed by atoms with van der Waals surface area (Å²) in [6.07, 6.45) is 0.644. The van der Waals surface area contributed by atoms with Crippen LogP contribution in [0.5, 0.6) is 0 Å². The van der Waals surface area contributed by atoms with E-state index in [1.54, 1.807) is 41.3 Å². The first-order chi connectivity index (χ1) is 12.1. The van der Waals surface area contributed by atoms with Gasteiger partial charge in [-0.05, 0) is 55.0 Å². The molecule has 1 aliphatic heterocycles. The minimum absolute atomic E-state index is 0.0614. The molecule has 126 valence electrons. The molecule has 4 rings (SSSR count). The van der Waals surface area contributed by atoms with E-state index in [0.29, 0.717) is 35.9 Å². The summed E-state index contributed by atoms with van der Waals surface area (Å²) in [5.41, 5.74) is 3.10. The minimum atomic E-state index is -0.295. The van der Waals surface area contributed by atoms with E-state index in [1.807, 2.05) is 0 Å². The van der Waals surface area contributed by atoms with E-state index in [2.05, 4.69) is 5.16 Å². The Hall–Kier alpha value is -2.66. The zero-order valence-electron chi connectivity index (χ0n) is 13.2. The summed E-state index contributed by atoms with van der Waals surface area (Å²) in [7, 11) is 0. The SMILES string of the molecule is O=C(c1ccc(Cl)cc1)N1CCc2c(noc2-c2ccc(F)cc2)C1. The highest BCUT2D eigenvalue weighted by Crippen LogP contribution is 2.30. The molecule has 0 saturated carbocycles. The standard InChI is InChI=1S/C19H14ClFN2O2/c20-14-5-1-13(2-6-14)19(24)23-10-9-16-17(11-23)22-25-18(16)12-3-7-15(21)8-4-12/h1-8H,9-11H2. The molecule has 0 atom stereocenters. The van der Waals surface area contributed by atoms with Crippen molar-refractivity contribution >= 4 is 17.5 Å². The molecule has 2 aromatic carbocycles. The van der Waals surface area contributed by atoms with Gasteiger partial charge in [0.05, 0.1) is 6.54 Å². The second kappa shape index (κ2) is 6.33. The molecule has 0 bridgehead atoms. The van der Waals surface area contributed by atoms with Crippen LogP contribution in [0.25, 0.3) is 11.3 Å². The Balaban J connectivity index is 1.57. The van der Waals surface area contributed by atoms with Gasteiger partial charge in [0, 0.05) is 28.3 Å². The molecular weight excluding hydrogens is 343 g/mol. The molecular formula is C19H14ClFN2O2. The van der Waals surface area contributed by atoms with Crippen LogP contribution in [0.3, 0.4) is 0 Å². The lowest BCUT2D eigenvalue weighted by Crippen LogP contribution is -2.35. The van der Waals surface area contributed by atoms with Crippen LogP contribution in [0.15, 0.2) is 53.1 Å². The van der Waals surface area contributed by atoms with Crippen molar-refractivity contribution in [2.75, 3.05) is 6.54 Å². The summed E-state index contributed by atoms with van der Waals surface area (Å²) in [5.74, 6) is 0.291. The Labute approximate surface area is 148 Å². The summed E-state index contributed by atoms with van der Waals surface area (Å²) in [5, 5.41) is 4.71. The predicted molar refractivity (Wildman–Crippen MR) is 91.8 cm³/mol. The fraction of sp³-hybridized carbons (Fsp3) is 0.158. The number of benzene rings is 2. The van der Waals surface area contributed by atoms with Crippen molar-refractivity contribution in [3.8, 4) is 11.3 Å². The molecule has 2 heterocycles. The lowest BCUT2D eigenvalue weighted by molar-refractivity contribution is 0.0731. The highest BCUT2D eigenvalue weighted by molar-refractivity contribution is 6.30. The fourth-order valence-corrected chi connectivity index (χ4v) is 3.13. The zero-order chi connectivity index (χ0) is 17.4. The lowest BCUT2D eigenvalue weighted by atomic mass is 10.00. The van der Waals surface area contributed by atoms with E-state index in [1.165, 1.54) is 12.1 Å². The first kappa shape index (κ1) is 15.8. The minimum Gasteiger partial charge on any atom is -0.356 e. The number of fused-ring (bicyclic) bond motifs is 1. The third-order valence-electron chi connectivity index (χ3n) is 4.33. The molecule has 25 heavy (non-hydrogen) atoms. The van der Waals surface area contributed by atoms with Gasteiger partial charge in [-0.2, -0.15) is 0 Å². The molecule has 3 aromatic rings. The summed E-state index contributed by atoms with van der Waals surface area (Å²) < 4.78 is 18.6. The number of hydrogen-bond acceptors (Lipinski definition) is 3. The van der Waals surface area contributed by atoms with E-state index in [4.69, 9.17) is 16.1 Å². The Kier molecular flexibility index (Phi) is 4.01. The molecule has 1 amide bonds. The smallest absolute Gasteiger partial charge is 0.254 e. The van der Waals surface area contributed by atoms with Crippen LogP contribution in [-0.2, 0) is 13.0 Å². The molecule has 0 aliphatic carbocycles. The van der Waals surface area contributed by atoms with Crippen LogP contribution in [0, 0.1) is 5.82 Å². The van der Waals surface area contributed by atoms with E-state index < -0.39 is 0 Å². The van der Waals surface area contributed by atoms with Gasteiger partial charge in [0.1, 0.15) is 11.5 Å². The second-order valence-electron chi connectivity index (χ2n) is 5.93. The van der Waals surface area contributed by atoms with E-state index >= 15 is 0 Å². The van der Waals surface area contributed by atoms with Gasteiger partial charge in [0.2, 0.25) is 0 Å². The zero-order valence-corrected chi connectivity index (χ0v) is 14.0. The maximum Gasteiger partial charge on any atom is 0.254 e. The normalized spacial score (nSPS) is 13.6. The number of aromatic nitrogens is 1. The number of carbonyl (C=O) groups is 1. The number of nitrogens with zero attached hydrogens (tertiary/aromatic N) is 2. The van der Waals surface area contributed by atoms with Gasteiger partial charge in [-0.3, -0.25) is 4.79 Å². The van der Waals surface area contributed by atoms with E-state index in [-0.39, 0.29) is 11.7 Å².